The number of amides is 1. The van der Waals surface area contributed by atoms with Gasteiger partial charge in [-0.25, -0.2) is 4.79 Å². The normalized spacial score (nSPS) is 15.7. The first-order valence-corrected chi connectivity index (χ1v) is 6.70. The molecule has 1 aromatic rings. The van der Waals surface area contributed by atoms with Crippen LogP contribution in [0.1, 0.15) is 28.8 Å². The molecule has 0 heterocycles. The molecule has 0 aromatic heterocycles. The second-order valence-corrected chi connectivity index (χ2v) is 5.15. The number of ether oxygens (including phenoxy) is 1. The number of nitrogens with one attached hydrogen (secondary N) is 1. The van der Waals surface area contributed by atoms with Crippen LogP contribution < -0.4 is 5.32 Å². The Morgan fingerprint density at radius 2 is 2.00 bits per heavy atom. The van der Waals surface area contributed by atoms with Crippen LogP contribution in [0, 0.1) is 5.92 Å². The summed E-state index contributed by atoms with van der Waals surface area (Å²) in [6.45, 7) is 0.536. The molecular weight excluding hydrogens is 258 g/mol. The molecule has 0 aliphatic heterocycles. The minimum absolute atomic E-state index is 0.0537. The monoisotopic (exact) mass is 277 g/mol. The first-order chi connectivity index (χ1) is 9.60. The lowest BCUT2D eigenvalue weighted by atomic mass is 10.1. The van der Waals surface area contributed by atoms with Gasteiger partial charge in [-0.05, 0) is 36.5 Å². The lowest BCUT2D eigenvalue weighted by Gasteiger charge is -2.17. The molecule has 20 heavy (non-hydrogen) atoms. The fourth-order valence-corrected chi connectivity index (χ4v) is 2.18. The standard InChI is InChI=1S/C15H19NO4/c1-20-9-13(11-6-7-11)16-14(17)8-10-2-4-12(5-3-10)15(18)19/h2-5,11,13H,6-9H2,1H3,(H,16,17)(H,18,19). The maximum atomic E-state index is 12.0. The number of aromatic carboxylic acids is 1. The minimum Gasteiger partial charge on any atom is -0.478 e. The van der Waals surface area contributed by atoms with Crippen LogP contribution in [0.4, 0.5) is 0 Å². The number of hydrogen-bond donors (Lipinski definition) is 2. The van der Waals surface area contributed by atoms with Crippen LogP contribution in [0.3, 0.4) is 0 Å². The summed E-state index contributed by atoms with van der Waals surface area (Å²) in [5.41, 5.74) is 1.03. The van der Waals surface area contributed by atoms with Crippen molar-refractivity contribution < 1.29 is 19.4 Å². The number of benzene rings is 1. The van der Waals surface area contributed by atoms with E-state index in [2.05, 4.69) is 5.32 Å². The molecule has 0 radical (unpaired) electrons. The van der Waals surface area contributed by atoms with Crippen molar-refractivity contribution in [2.75, 3.05) is 13.7 Å². The minimum atomic E-state index is -0.963. The molecule has 1 atom stereocenters. The molecular formula is C15H19NO4. The van der Waals surface area contributed by atoms with Crippen molar-refractivity contribution in [3.05, 3.63) is 35.4 Å². The predicted molar refractivity (Wildman–Crippen MR) is 73.6 cm³/mol. The second-order valence-electron chi connectivity index (χ2n) is 5.15. The van der Waals surface area contributed by atoms with Crippen molar-refractivity contribution >= 4 is 11.9 Å². The fraction of sp³-hybridized carbons (Fsp3) is 0.467. The summed E-state index contributed by atoms with van der Waals surface area (Å²) in [7, 11) is 1.63. The van der Waals surface area contributed by atoms with E-state index in [1.165, 1.54) is 12.1 Å². The van der Waals surface area contributed by atoms with E-state index in [1.54, 1.807) is 19.2 Å². The van der Waals surface area contributed by atoms with Crippen molar-refractivity contribution in [2.24, 2.45) is 5.92 Å². The Balaban J connectivity index is 1.88. The van der Waals surface area contributed by atoms with Gasteiger partial charge >= 0.3 is 5.97 Å². The zero-order valence-corrected chi connectivity index (χ0v) is 11.5. The molecule has 1 unspecified atom stereocenters. The molecule has 1 aliphatic carbocycles. The van der Waals surface area contributed by atoms with Gasteiger partial charge < -0.3 is 15.2 Å². The van der Waals surface area contributed by atoms with Crippen LogP contribution in [0.15, 0.2) is 24.3 Å². The molecule has 1 fully saturated rings. The predicted octanol–water partition coefficient (Wildman–Crippen LogP) is 1.47. The van der Waals surface area contributed by atoms with E-state index >= 15 is 0 Å². The van der Waals surface area contributed by atoms with Gasteiger partial charge in [-0.15, -0.1) is 0 Å². The highest BCUT2D eigenvalue weighted by Gasteiger charge is 2.32. The molecule has 0 bridgehead atoms. The zero-order valence-electron chi connectivity index (χ0n) is 11.5. The third-order valence-electron chi connectivity index (χ3n) is 3.45. The molecule has 2 rings (SSSR count). The SMILES string of the molecule is COCC(NC(=O)Cc1ccc(C(=O)O)cc1)C1CC1. The van der Waals surface area contributed by atoms with E-state index in [9.17, 15) is 9.59 Å². The molecule has 0 spiro atoms. The molecule has 1 aliphatic rings. The number of carboxylic acids is 1. The van der Waals surface area contributed by atoms with Gasteiger partial charge in [0.2, 0.25) is 5.91 Å². The number of carboxylic acid groups (broad SMARTS) is 1. The number of methoxy groups -OCH3 is 1. The molecule has 5 heteroatoms. The summed E-state index contributed by atoms with van der Waals surface area (Å²) < 4.78 is 5.12. The third kappa shape index (κ3) is 4.06. The van der Waals surface area contributed by atoms with Gasteiger partial charge in [-0.2, -0.15) is 0 Å². The summed E-state index contributed by atoms with van der Waals surface area (Å²) in [6, 6.07) is 6.46. The summed E-state index contributed by atoms with van der Waals surface area (Å²) in [4.78, 5) is 22.7. The number of rotatable bonds is 7. The van der Waals surface area contributed by atoms with Crippen molar-refractivity contribution in [1.82, 2.24) is 5.32 Å². The van der Waals surface area contributed by atoms with Crippen LogP contribution in [-0.2, 0) is 16.0 Å². The summed E-state index contributed by atoms with van der Waals surface area (Å²) in [6.07, 6.45) is 2.54. The topological polar surface area (TPSA) is 75.6 Å². The van der Waals surface area contributed by atoms with Gasteiger partial charge in [0.05, 0.1) is 24.6 Å². The number of carbonyl (C=O) groups excluding carboxylic acids is 1. The smallest absolute Gasteiger partial charge is 0.335 e. The Hall–Kier alpha value is -1.88. The Kier molecular flexibility index (Phi) is 4.74. The zero-order chi connectivity index (χ0) is 14.5. The highest BCUT2D eigenvalue weighted by Crippen LogP contribution is 2.32. The van der Waals surface area contributed by atoms with E-state index < -0.39 is 5.97 Å². The van der Waals surface area contributed by atoms with Gasteiger partial charge in [0.25, 0.3) is 0 Å². The van der Waals surface area contributed by atoms with Crippen molar-refractivity contribution in [1.29, 1.82) is 0 Å². The van der Waals surface area contributed by atoms with E-state index in [0.29, 0.717) is 12.5 Å². The van der Waals surface area contributed by atoms with E-state index in [0.717, 1.165) is 18.4 Å². The van der Waals surface area contributed by atoms with Crippen LogP contribution in [0.5, 0.6) is 0 Å². The molecule has 0 saturated heterocycles. The molecule has 108 valence electrons. The average molecular weight is 277 g/mol. The Morgan fingerprint density at radius 3 is 2.50 bits per heavy atom. The lowest BCUT2D eigenvalue weighted by Crippen LogP contribution is -2.40. The maximum absolute atomic E-state index is 12.0. The number of carbonyl (C=O) groups is 2. The first kappa shape index (κ1) is 14.5. The second kappa shape index (κ2) is 6.52. The van der Waals surface area contributed by atoms with Gasteiger partial charge in [-0.3, -0.25) is 4.79 Å². The quantitative estimate of drug-likeness (QED) is 0.791. The number of hydrogen-bond acceptors (Lipinski definition) is 3. The summed E-state index contributed by atoms with van der Waals surface area (Å²) in [5, 5.41) is 11.8. The first-order valence-electron chi connectivity index (χ1n) is 6.70. The van der Waals surface area contributed by atoms with Crippen molar-refractivity contribution in [2.45, 2.75) is 25.3 Å². The van der Waals surface area contributed by atoms with Crippen molar-refractivity contribution in [3.8, 4) is 0 Å². The molecule has 1 saturated carbocycles. The van der Waals surface area contributed by atoms with E-state index in [4.69, 9.17) is 9.84 Å². The highest BCUT2D eigenvalue weighted by atomic mass is 16.5. The summed E-state index contributed by atoms with van der Waals surface area (Å²) >= 11 is 0. The van der Waals surface area contributed by atoms with Gasteiger partial charge in [-0.1, -0.05) is 12.1 Å². The molecule has 1 aromatic carbocycles. The van der Waals surface area contributed by atoms with Crippen LogP contribution >= 0.6 is 0 Å². The Bertz CT molecular complexity index is 479. The fourth-order valence-electron chi connectivity index (χ4n) is 2.18. The van der Waals surface area contributed by atoms with Crippen molar-refractivity contribution in [3.63, 3.8) is 0 Å². The molecule has 5 nitrogen and oxygen atoms in total. The van der Waals surface area contributed by atoms with Crippen LogP contribution in [-0.4, -0.2) is 36.7 Å². The average Bonchev–Trinajstić information content (AvgIpc) is 3.23. The Labute approximate surface area is 117 Å². The highest BCUT2D eigenvalue weighted by molar-refractivity contribution is 5.87. The largest absolute Gasteiger partial charge is 0.478 e. The van der Waals surface area contributed by atoms with Crippen LogP contribution in [0.25, 0.3) is 0 Å². The van der Waals surface area contributed by atoms with E-state index in [1.807, 2.05) is 0 Å². The maximum Gasteiger partial charge on any atom is 0.335 e. The van der Waals surface area contributed by atoms with Gasteiger partial charge in [0, 0.05) is 7.11 Å². The van der Waals surface area contributed by atoms with E-state index in [-0.39, 0.29) is 23.9 Å². The van der Waals surface area contributed by atoms with Gasteiger partial charge in [0.1, 0.15) is 0 Å². The van der Waals surface area contributed by atoms with Gasteiger partial charge in [0.15, 0.2) is 0 Å². The van der Waals surface area contributed by atoms with Crippen LogP contribution in [0.2, 0.25) is 0 Å². The Morgan fingerprint density at radius 1 is 1.35 bits per heavy atom. The molecule has 2 N–H and O–H groups in total. The third-order valence-corrected chi connectivity index (χ3v) is 3.45. The summed E-state index contributed by atoms with van der Waals surface area (Å²) in [5.74, 6) is -0.481. The molecule has 1 amide bonds. The lowest BCUT2D eigenvalue weighted by molar-refractivity contribution is -0.121.